The molecule has 1 aliphatic rings. The minimum absolute atomic E-state index is 0.134. The third kappa shape index (κ3) is 2.34. The molecule has 1 N–H and O–H groups in total. The van der Waals surface area contributed by atoms with E-state index in [1.807, 2.05) is 29.2 Å². The van der Waals surface area contributed by atoms with E-state index < -0.39 is 0 Å². The number of ether oxygens (including phenoxy) is 1. The van der Waals surface area contributed by atoms with E-state index in [0.717, 1.165) is 24.5 Å². The van der Waals surface area contributed by atoms with Crippen LogP contribution >= 0.6 is 0 Å². The van der Waals surface area contributed by atoms with Crippen LogP contribution < -0.4 is 15.0 Å². The molecular formula is C14H20N2O2. The van der Waals surface area contributed by atoms with Crippen LogP contribution in [0.3, 0.4) is 0 Å². The van der Waals surface area contributed by atoms with Gasteiger partial charge >= 0.3 is 0 Å². The summed E-state index contributed by atoms with van der Waals surface area (Å²) in [6.45, 7) is 5.63. The number of benzene rings is 1. The predicted octanol–water partition coefficient (Wildman–Crippen LogP) is 1.80. The molecule has 0 aromatic heterocycles. The van der Waals surface area contributed by atoms with Gasteiger partial charge in [0.05, 0.1) is 18.3 Å². The van der Waals surface area contributed by atoms with E-state index in [0.29, 0.717) is 6.42 Å². The standard InChI is InChI=1S/C14H20N2O2/c1-14(2)10-15-9-8-13(17)16(14)11-6-4-5-7-12(11)18-3/h4-7,15H,8-10H2,1-3H3. The summed E-state index contributed by atoms with van der Waals surface area (Å²) in [5, 5.41) is 3.30. The second-order valence-electron chi connectivity index (χ2n) is 5.14. The molecule has 1 amide bonds. The van der Waals surface area contributed by atoms with Crippen molar-refractivity contribution in [2.24, 2.45) is 0 Å². The molecular weight excluding hydrogens is 228 g/mol. The average Bonchev–Trinajstić information content (AvgIpc) is 2.47. The van der Waals surface area contributed by atoms with Crippen LogP contribution in [-0.2, 0) is 4.79 Å². The van der Waals surface area contributed by atoms with Crippen LogP contribution in [0, 0.1) is 0 Å². The first kappa shape index (κ1) is 12.9. The summed E-state index contributed by atoms with van der Waals surface area (Å²) in [5.74, 6) is 0.871. The van der Waals surface area contributed by atoms with Gasteiger partial charge in [0.1, 0.15) is 5.75 Å². The molecule has 0 aliphatic carbocycles. The molecule has 1 aromatic carbocycles. The van der Waals surface area contributed by atoms with Gasteiger partial charge in [-0.3, -0.25) is 4.79 Å². The molecule has 0 spiro atoms. The zero-order valence-electron chi connectivity index (χ0n) is 11.2. The van der Waals surface area contributed by atoms with Crippen LogP contribution in [0.1, 0.15) is 20.3 Å². The summed E-state index contributed by atoms with van der Waals surface area (Å²) in [7, 11) is 1.63. The maximum absolute atomic E-state index is 12.3. The van der Waals surface area contributed by atoms with Gasteiger partial charge in [0.15, 0.2) is 0 Å². The number of carbonyl (C=O) groups is 1. The summed E-state index contributed by atoms with van der Waals surface area (Å²) >= 11 is 0. The van der Waals surface area contributed by atoms with Gasteiger partial charge in [0, 0.05) is 19.5 Å². The van der Waals surface area contributed by atoms with Gasteiger partial charge in [-0.05, 0) is 26.0 Å². The van der Waals surface area contributed by atoms with E-state index in [1.54, 1.807) is 7.11 Å². The van der Waals surface area contributed by atoms with E-state index in [9.17, 15) is 4.79 Å². The fourth-order valence-electron chi connectivity index (χ4n) is 2.39. The van der Waals surface area contributed by atoms with Gasteiger partial charge in [-0.25, -0.2) is 0 Å². The SMILES string of the molecule is COc1ccccc1N1C(=O)CCNCC1(C)C. The topological polar surface area (TPSA) is 41.6 Å². The molecule has 2 rings (SSSR count). The zero-order chi connectivity index (χ0) is 13.2. The Bertz CT molecular complexity index is 443. The molecule has 4 nitrogen and oxygen atoms in total. The molecule has 18 heavy (non-hydrogen) atoms. The lowest BCUT2D eigenvalue weighted by Gasteiger charge is -2.37. The number of amides is 1. The number of carbonyl (C=O) groups excluding carboxylic acids is 1. The summed E-state index contributed by atoms with van der Waals surface area (Å²) < 4.78 is 5.37. The highest BCUT2D eigenvalue weighted by Gasteiger charge is 2.35. The highest BCUT2D eigenvalue weighted by Crippen LogP contribution is 2.33. The van der Waals surface area contributed by atoms with Crippen molar-refractivity contribution < 1.29 is 9.53 Å². The molecule has 0 unspecified atom stereocenters. The molecule has 0 radical (unpaired) electrons. The van der Waals surface area contributed by atoms with E-state index in [2.05, 4.69) is 19.2 Å². The highest BCUT2D eigenvalue weighted by molar-refractivity contribution is 5.96. The first-order valence-electron chi connectivity index (χ1n) is 6.23. The molecule has 1 fully saturated rings. The fourth-order valence-corrected chi connectivity index (χ4v) is 2.39. The number of anilines is 1. The maximum atomic E-state index is 12.3. The molecule has 1 aromatic rings. The van der Waals surface area contributed by atoms with Gasteiger partial charge in [-0.2, -0.15) is 0 Å². The van der Waals surface area contributed by atoms with Crippen LogP contribution in [-0.4, -0.2) is 31.6 Å². The highest BCUT2D eigenvalue weighted by atomic mass is 16.5. The Labute approximate surface area is 108 Å². The lowest BCUT2D eigenvalue weighted by molar-refractivity contribution is -0.119. The normalized spacial score (nSPS) is 19.5. The molecule has 1 aliphatic heterocycles. The van der Waals surface area contributed by atoms with Crippen molar-refractivity contribution in [3.63, 3.8) is 0 Å². The van der Waals surface area contributed by atoms with E-state index in [-0.39, 0.29) is 11.4 Å². The van der Waals surface area contributed by atoms with E-state index >= 15 is 0 Å². The number of hydrogen-bond acceptors (Lipinski definition) is 3. The molecule has 0 bridgehead atoms. The lowest BCUT2D eigenvalue weighted by Crippen LogP contribution is -2.51. The molecule has 0 atom stereocenters. The number of para-hydroxylation sites is 2. The Hall–Kier alpha value is -1.55. The van der Waals surface area contributed by atoms with Crippen molar-refractivity contribution in [2.75, 3.05) is 25.1 Å². The number of rotatable bonds is 2. The van der Waals surface area contributed by atoms with E-state index in [1.165, 1.54) is 0 Å². The molecule has 98 valence electrons. The van der Waals surface area contributed by atoms with Gasteiger partial charge in [-0.15, -0.1) is 0 Å². The van der Waals surface area contributed by atoms with Gasteiger partial charge in [0.25, 0.3) is 0 Å². The first-order valence-corrected chi connectivity index (χ1v) is 6.23. The summed E-state index contributed by atoms with van der Waals surface area (Å²) in [6.07, 6.45) is 0.515. The maximum Gasteiger partial charge on any atom is 0.228 e. The number of nitrogens with zero attached hydrogens (tertiary/aromatic N) is 1. The molecule has 1 heterocycles. The quantitative estimate of drug-likeness (QED) is 0.867. The van der Waals surface area contributed by atoms with Crippen LogP contribution in [0.15, 0.2) is 24.3 Å². The van der Waals surface area contributed by atoms with E-state index in [4.69, 9.17) is 4.74 Å². The van der Waals surface area contributed by atoms with Gasteiger partial charge < -0.3 is 15.0 Å². The summed E-state index contributed by atoms with van der Waals surface area (Å²) in [6, 6.07) is 7.66. The van der Waals surface area contributed by atoms with Crippen LogP contribution in [0.5, 0.6) is 5.75 Å². The Morgan fingerprint density at radius 1 is 1.33 bits per heavy atom. The Balaban J connectivity index is 2.47. The van der Waals surface area contributed by atoms with Crippen LogP contribution in [0.4, 0.5) is 5.69 Å². The molecule has 0 saturated carbocycles. The second kappa shape index (κ2) is 4.98. The zero-order valence-corrected chi connectivity index (χ0v) is 11.2. The van der Waals surface area contributed by atoms with Crippen molar-refractivity contribution in [3.05, 3.63) is 24.3 Å². The van der Waals surface area contributed by atoms with Crippen LogP contribution in [0.2, 0.25) is 0 Å². The Morgan fingerprint density at radius 3 is 2.78 bits per heavy atom. The van der Waals surface area contributed by atoms with Crippen molar-refractivity contribution in [1.29, 1.82) is 0 Å². The number of methoxy groups -OCH3 is 1. The monoisotopic (exact) mass is 248 g/mol. The Morgan fingerprint density at radius 2 is 2.06 bits per heavy atom. The summed E-state index contributed by atoms with van der Waals surface area (Å²) in [4.78, 5) is 14.2. The van der Waals surface area contributed by atoms with Crippen molar-refractivity contribution in [1.82, 2.24) is 5.32 Å². The fraction of sp³-hybridized carbons (Fsp3) is 0.500. The summed E-state index contributed by atoms with van der Waals surface area (Å²) in [5.41, 5.74) is 0.584. The number of hydrogen-bond donors (Lipinski definition) is 1. The third-order valence-electron chi connectivity index (χ3n) is 3.25. The average molecular weight is 248 g/mol. The second-order valence-corrected chi connectivity index (χ2v) is 5.14. The van der Waals surface area contributed by atoms with Gasteiger partial charge in [-0.1, -0.05) is 12.1 Å². The Kier molecular flexibility index (Phi) is 3.57. The molecule has 4 heteroatoms. The lowest BCUT2D eigenvalue weighted by atomic mass is 10.0. The minimum Gasteiger partial charge on any atom is -0.495 e. The molecule has 1 saturated heterocycles. The van der Waals surface area contributed by atoms with Crippen molar-refractivity contribution in [2.45, 2.75) is 25.8 Å². The smallest absolute Gasteiger partial charge is 0.228 e. The number of nitrogens with one attached hydrogen (secondary N) is 1. The van der Waals surface area contributed by atoms with Gasteiger partial charge in [0.2, 0.25) is 5.91 Å². The van der Waals surface area contributed by atoms with Crippen molar-refractivity contribution in [3.8, 4) is 5.75 Å². The minimum atomic E-state index is -0.262. The van der Waals surface area contributed by atoms with Crippen LogP contribution in [0.25, 0.3) is 0 Å². The first-order chi connectivity index (χ1) is 8.56. The third-order valence-corrected chi connectivity index (χ3v) is 3.25. The predicted molar refractivity (Wildman–Crippen MR) is 72.0 cm³/mol. The largest absolute Gasteiger partial charge is 0.495 e. The van der Waals surface area contributed by atoms with Crippen molar-refractivity contribution >= 4 is 11.6 Å².